The van der Waals surface area contributed by atoms with Crippen LogP contribution in [0.15, 0.2) is 59.4 Å². The van der Waals surface area contributed by atoms with Gasteiger partial charge < -0.3 is 10.4 Å². The third-order valence-corrected chi connectivity index (χ3v) is 7.67. The highest BCUT2D eigenvalue weighted by molar-refractivity contribution is 5.89. The number of fused-ring (bicyclic) bond motifs is 1. The van der Waals surface area contributed by atoms with Crippen LogP contribution < -0.4 is 16.3 Å². The molecule has 3 N–H and O–H groups in total. The first kappa shape index (κ1) is 24.1. The molecule has 2 aliphatic rings. The number of amides is 2. The van der Waals surface area contributed by atoms with Crippen molar-refractivity contribution in [3.05, 3.63) is 70.6 Å². The molecule has 3 aromatic rings. The van der Waals surface area contributed by atoms with Gasteiger partial charge in [-0.05, 0) is 55.7 Å². The molecule has 5 rings (SSSR count). The van der Waals surface area contributed by atoms with E-state index in [0.29, 0.717) is 31.6 Å². The van der Waals surface area contributed by atoms with Gasteiger partial charge in [0.05, 0.1) is 11.0 Å². The van der Waals surface area contributed by atoms with Gasteiger partial charge in [-0.3, -0.25) is 14.8 Å². The van der Waals surface area contributed by atoms with Crippen LogP contribution in [0.1, 0.15) is 50.6 Å². The fraction of sp³-hybridized carbons (Fsp3) is 0.444. The molecule has 190 valence electrons. The molecule has 2 aromatic carbocycles. The molecule has 1 saturated carbocycles. The fourth-order valence-corrected chi connectivity index (χ4v) is 5.62. The minimum absolute atomic E-state index is 0.184. The molecule has 1 atom stereocenters. The highest BCUT2D eigenvalue weighted by atomic mass is 16.4. The van der Waals surface area contributed by atoms with E-state index in [1.165, 1.54) is 4.57 Å². The topological polar surface area (TPSA) is 109 Å². The third kappa shape index (κ3) is 4.39. The number of nitrogens with one attached hydrogen (secondary N) is 2. The first-order valence-corrected chi connectivity index (χ1v) is 12.8. The van der Waals surface area contributed by atoms with Crippen LogP contribution in [0.5, 0.6) is 0 Å². The maximum absolute atomic E-state index is 13.1. The Kier molecular flexibility index (Phi) is 6.57. The molecular weight excluding hydrogens is 458 g/mol. The summed E-state index contributed by atoms with van der Waals surface area (Å²) in [6.45, 7) is 3.86. The van der Waals surface area contributed by atoms with Gasteiger partial charge in [0.25, 0.3) is 0 Å². The van der Waals surface area contributed by atoms with Gasteiger partial charge >= 0.3 is 17.8 Å². The largest absolute Gasteiger partial charge is 0.465 e. The number of carboxylic acid groups (broad SMARTS) is 1. The number of rotatable bonds is 7. The summed E-state index contributed by atoms with van der Waals surface area (Å²) in [7, 11) is 0. The van der Waals surface area contributed by atoms with Gasteiger partial charge in [-0.25, -0.2) is 19.0 Å². The Hall–Kier alpha value is -3.59. The monoisotopic (exact) mass is 491 g/mol. The van der Waals surface area contributed by atoms with Crippen LogP contribution in [-0.2, 0) is 5.66 Å². The van der Waals surface area contributed by atoms with Crippen LogP contribution in [0.4, 0.5) is 9.59 Å². The number of imidazole rings is 1. The summed E-state index contributed by atoms with van der Waals surface area (Å²) in [6.07, 6.45) is 3.11. The molecule has 36 heavy (non-hydrogen) atoms. The van der Waals surface area contributed by atoms with Crippen LogP contribution in [0.25, 0.3) is 11.0 Å². The number of carbonyl (C=O) groups excluding carboxylic acids is 1. The average Bonchev–Trinajstić information content (AvgIpc) is 3.68. The van der Waals surface area contributed by atoms with Crippen molar-refractivity contribution in [3.8, 4) is 0 Å². The Morgan fingerprint density at radius 3 is 2.22 bits per heavy atom. The summed E-state index contributed by atoms with van der Waals surface area (Å²) >= 11 is 0. The van der Waals surface area contributed by atoms with Gasteiger partial charge in [0.1, 0.15) is 5.66 Å². The lowest BCUT2D eigenvalue weighted by atomic mass is 9.89. The summed E-state index contributed by atoms with van der Waals surface area (Å²) in [4.78, 5) is 40.1. The summed E-state index contributed by atoms with van der Waals surface area (Å²) in [5, 5.41) is 15.4. The van der Waals surface area contributed by atoms with E-state index in [-0.39, 0.29) is 17.6 Å². The van der Waals surface area contributed by atoms with Gasteiger partial charge in [-0.1, -0.05) is 49.4 Å². The van der Waals surface area contributed by atoms with E-state index in [4.69, 9.17) is 0 Å². The predicted molar refractivity (Wildman–Crippen MR) is 137 cm³/mol. The minimum atomic E-state index is -1.05. The molecule has 1 aromatic heterocycles. The van der Waals surface area contributed by atoms with Crippen LogP contribution >= 0.6 is 0 Å². The second-order valence-corrected chi connectivity index (χ2v) is 9.83. The molecule has 1 aliphatic heterocycles. The fourth-order valence-electron chi connectivity index (χ4n) is 5.62. The Balaban J connectivity index is 1.26. The van der Waals surface area contributed by atoms with Gasteiger partial charge in [0, 0.05) is 25.7 Å². The summed E-state index contributed by atoms with van der Waals surface area (Å²) in [5.41, 5.74) is 1.29. The van der Waals surface area contributed by atoms with Crippen molar-refractivity contribution in [1.29, 1.82) is 0 Å². The zero-order valence-electron chi connectivity index (χ0n) is 20.5. The summed E-state index contributed by atoms with van der Waals surface area (Å²) < 4.78 is 3.01. The Bertz CT molecular complexity index is 1300. The van der Waals surface area contributed by atoms with E-state index in [1.807, 2.05) is 61.5 Å². The lowest BCUT2D eigenvalue weighted by molar-refractivity contribution is 0.0182. The SMILES string of the molecule is CCC(NC(=O)O)(c1ccccc1)N1CCC(CNC(=O)n2c(=O)n(C3CC3)c3ccccc32)CC1. The number of piperidine rings is 1. The first-order valence-electron chi connectivity index (χ1n) is 12.8. The molecule has 2 amide bonds. The maximum Gasteiger partial charge on any atom is 0.406 e. The van der Waals surface area contributed by atoms with Crippen molar-refractivity contribution in [1.82, 2.24) is 24.7 Å². The van der Waals surface area contributed by atoms with Crippen molar-refractivity contribution in [2.24, 2.45) is 5.92 Å². The number of carbonyl (C=O) groups is 2. The van der Waals surface area contributed by atoms with Gasteiger partial charge in [0.15, 0.2) is 0 Å². The molecule has 9 nitrogen and oxygen atoms in total. The standard InChI is InChI=1S/C27H33N5O4/c1-2-27(29-25(34)35,20-8-4-3-5-9-20)30-16-14-19(15-17-30)18-28-24(33)32-23-11-7-6-10-22(23)31(26(32)36)21-12-13-21/h3-11,19,21,29H,2,12-18H2,1H3,(H,28,33)(H,34,35). The molecule has 1 unspecified atom stereocenters. The average molecular weight is 492 g/mol. The molecule has 1 saturated heterocycles. The molecular formula is C27H33N5O4. The van der Waals surface area contributed by atoms with Gasteiger partial charge in [0.2, 0.25) is 0 Å². The zero-order valence-corrected chi connectivity index (χ0v) is 20.5. The second-order valence-electron chi connectivity index (χ2n) is 9.83. The maximum atomic E-state index is 13.1. The van der Waals surface area contributed by atoms with E-state index < -0.39 is 17.8 Å². The van der Waals surface area contributed by atoms with Crippen molar-refractivity contribution in [2.45, 2.75) is 50.7 Å². The Morgan fingerprint density at radius 2 is 1.61 bits per heavy atom. The van der Waals surface area contributed by atoms with E-state index in [0.717, 1.165) is 36.8 Å². The number of hydrogen-bond acceptors (Lipinski definition) is 4. The molecule has 2 fully saturated rings. The van der Waals surface area contributed by atoms with E-state index >= 15 is 0 Å². The highest BCUT2D eigenvalue weighted by Crippen LogP contribution is 2.36. The highest BCUT2D eigenvalue weighted by Gasteiger charge is 2.40. The van der Waals surface area contributed by atoms with Crippen LogP contribution in [0.3, 0.4) is 0 Å². The third-order valence-electron chi connectivity index (χ3n) is 7.67. The lowest BCUT2D eigenvalue weighted by Crippen LogP contribution is -2.59. The molecule has 1 aliphatic carbocycles. The van der Waals surface area contributed by atoms with E-state index in [2.05, 4.69) is 15.5 Å². The zero-order chi connectivity index (χ0) is 25.3. The molecule has 2 heterocycles. The Labute approximate surface area is 209 Å². The summed E-state index contributed by atoms with van der Waals surface area (Å²) in [6, 6.07) is 16.9. The molecule has 0 radical (unpaired) electrons. The van der Waals surface area contributed by atoms with Crippen molar-refractivity contribution in [2.75, 3.05) is 19.6 Å². The number of aromatic nitrogens is 2. The van der Waals surface area contributed by atoms with Crippen LogP contribution in [-0.4, -0.2) is 50.9 Å². The molecule has 9 heteroatoms. The quantitative estimate of drug-likeness (QED) is 0.464. The second kappa shape index (κ2) is 9.81. The first-order chi connectivity index (χ1) is 17.4. The lowest BCUT2D eigenvalue weighted by Gasteiger charge is -2.47. The van der Waals surface area contributed by atoms with E-state index in [9.17, 15) is 19.5 Å². The number of para-hydroxylation sites is 2. The number of benzene rings is 2. The smallest absolute Gasteiger partial charge is 0.406 e. The van der Waals surface area contributed by atoms with E-state index in [1.54, 1.807) is 4.57 Å². The Morgan fingerprint density at radius 1 is 0.972 bits per heavy atom. The van der Waals surface area contributed by atoms with Crippen molar-refractivity contribution >= 4 is 23.2 Å². The van der Waals surface area contributed by atoms with Crippen LogP contribution in [0.2, 0.25) is 0 Å². The van der Waals surface area contributed by atoms with Crippen molar-refractivity contribution < 1.29 is 14.7 Å². The summed E-state index contributed by atoms with van der Waals surface area (Å²) in [5.74, 6) is 0.243. The number of likely N-dealkylation sites (tertiary alicyclic amines) is 1. The number of hydrogen-bond donors (Lipinski definition) is 3. The van der Waals surface area contributed by atoms with Crippen LogP contribution in [0, 0.1) is 5.92 Å². The number of nitrogens with zero attached hydrogens (tertiary/aromatic N) is 3. The van der Waals surface area contributed by atoms with Gasteiger partial charge in [-0.2, -0.15) is 0 Å². The predicted octanol–water partition coefficient (Wildman–Crippen LogP) is 3.94. The molecule has 0 spiro atoms. The van der Waals surface area contributed by atoms with Gasteiger partial charge in [-0.15, -0.1) is 0 Å². The van der Waals surface area contributed by atoms with Crippen molar-refractivity contribution in [3.63, 3.8) is 0 Å². The minimum Gasteiger partial charge on any atom is -0.465 e. The normalized spacial score (nSPS) is 18.6. The molecule has 0 bridgehead atoms.